The molecule has 0 atom stereocenters. The van der Waals surface area contributed by atoms with Gasteiger partial charge in [-0.2, -0.15) is 5.26 Å². The number of hydrogen-bond acceptors (Lipinski definition) is 5. The van der Waals surface area contributed by atoms with Gasteiger partial charge in [-0.25, -0.2) is 4.98 Å². The number of fused-ring (bicyclic) bond motifs is 1. The number of H-pyrrole nitrogens is 1. The molecule has 0 saturated carbocycles. The third-order valence-corrected chi connectivity index (χ3v) is 4.36. The number of non-ortho nitro benzene ring substituents is 1. The quantitative estimate of drug-likeness (QED) is 0.305. The number of aromatic amines is 1. The number of benzene rings is 2. The smallest absolute Gasteiger partial charge is 0.269 e. The van der Waals surface area contributed by atoms with E-state index in [0.717, 1.165) is 22.2 Å². The Morgan fingerprint density at radius 2 is 2.07 bits per heavy atom. The summed E-state index contributed by atoms with van der Waals surface area (Å²) in [7, 11) is 0. The van der Waals surface area contributed by atoms with Gasteiger partial charge in [-0.1, -0.05) is 12.1 Å². The maximum Gasteiger partial charge on any atom is 0.269 e. The molecule has 1 N–H and O–H groups in total. The standard InChI is InChI=1S/C21H14N4O3/c1-13-10-15(25(26)27)6-8-17(13)20-9-7-16(28-20)11-14(12-22)21-23-18-4-2-3-5-19(18)24-21/h2-11H,1H3,(H,23,24)/b14-11+. The van der Waals surface area contributed by atoms with E-state index in [1.807, 2.05) is 24.3 Å². The second-order valence-electron chi connectivity index (χ2n) is 6.23. The summed E-state index contributed by atoms with van der Waals surface area (Å²) in [5.74, 6) is 1.53. The molecule has 7 heteroatoms. The van der Waals surface area contributed by atoms with Crippen molar-refractivity contribution in [3.63, 3.8) is 0 Å². The monoisotopic (exact) mass is 370 g/mol. The molecule has 0 aliphatic rings. The van der Waals surface area contributed by atoms with E-state index < -0.39 is 4.92 Å². The van der Waals surface area contributed by atoms with E-state index in [9.17, 15) is 15.4 Å². The Kier molecular flexibility index (Phi) is 4.22. The van der Waals surface area contributed by atoms with Crippen LogP contribution < -0.4 is 0 Å². The van der Waals surface area contributed by atoms with Crippen molar-refractivity contribution in [1.82, 2.24) is 9.97 Å². The molecule has 2 aromatic carbocycles. The van der Waals surface area contributed by atoms with E-state index in [1.165, 1.54) is 12.1 Å². The van der Waals surface area contributed by atoms with Gasteiger partial charge in [-0.15, -0.1) is 0 Å². The number of hydrogen-bond donors (Lipinski definition) is 1. The number of rotatable bonds is 4. The van der Waals surface area contributed by atoms with Crippen molar-refractivity contribution in [2.24, 2.45) is 0 Å². The highest BCUT2D eigenvalue weighted by atomic mass is 16.6. The Labute approximate surface area is 159 Å². The Hall–Kier alpha value is -4.18. The van der Waals surface area contributed by atoms with Gasteiger partial charge in [0.15, 0.2) is 0 Å². The number of allylic oxidation sites excluding steroid dienone is 1. The van der Waals surface area contributed by atoms with Gasteiger partial charge in [0, 0.05) is 23.8 Å². The highest BCUT2D eigenvalue weighted by molar-refractivity contribution is 5.89. The molecule has 0 aliphatic carbocycles. The lowest BCUT2D eigenvalue weighted by Crippen LogP contribution is -1.89. The summed E-state index contributed by atoms with van der Waals surface area (Å²) in [6.07, 6.45) is 1.61. The number of para-hydroxylation sites is 2. The molecule has 0 aliphatic heterocycles. The number of nitriles is 1. The molecular formula is C21H14N4O3. The van der Waals surface area contributed by atoms with Gasteiger partial charge in [-0.05, 0) is 42.8 Å². The molecule has 0 bridgehead atoms. The van der Waals surface area contributed by atoms with Crippen LogP contribution in [0.1, 0.15) is 17.1 Å². The lowest BCUT2D eigenvalue weighted by Gasteiger charge is -2.02. The topological polar surface area (TPSA) is 109 Å². The third kappa shape index (κ3) is 3.15. The molecule has 0 amide bonds. The first kappa shape index (κ1) is 17.2. The van der Waals surface area contributed by atoms with Crippen LogP contribution in [0.25, 0.3) is 34.0 Å². The number of imidazole rings is 1. The van der Waals surface area contributed by atoms with Gasteiger partial charge in [0.05, 0.1) is 21.5 Å². The molecule has 4 aromatic rings. The van der Waals surface area contributed by atoms with Crippen molar-refractivity contribution in [3.8, 4) is 17.4 Å². The minimum absolute atomic E-state index is 0.0320. The summed E-state index contributed by atoms with van der Waals surface area (Å²) < 4.78 is 5.84. The second kappa shape index (κ2) is 6.85. The molecule has 7 nitrogen and oxygen atoms in total. The minimum Gasteiger partial charge on any atom is -0.457 e. The fourth-order valence-corrected chi connectivity index (χ4v) is 2.99. The number of nitrogens with zero attached hydrogens (tertiary/aromatic N) is 3. The Morgan fingerprint density at radius 1 is 1.25 bits per heavy atom. The number of nitro groups is 1. The number of aromatic nitrogens is 2. The molecule has 28 heavy (non-hydrogen) atoms. The van der Waals surface area contributed by atoms with Crippen LogP contribution in [0.4, 0.5) is 5.69 Å². The predicted octanol–water partition coefficient (Wildman–Crippen LogP) is 5.10. The van der Waals surface area contributed by atoms with E-state index >= 15 is 0 Å². The lowest BCUT2D eigenvalue weighted by molar-refractivity contribution is -0.384. The SMILES string of the molecule is Cc1cc([N+](=O)[O-])ccc1-c1ccc(/C=C(\C#N)c2nc3ccccc3[nH]2)o1. The Balaban J connectivity index is 1.68. The van der Waals surface area contributed by atoms with Crippen LogP contribution in [0.2, 0.25) is 0 Å². The average molecular weight is 370 g/mol. The van der Waals surface area contributed by atoms with Crippen molar-refractivity contribution in [3.05, 3.63) is 81.9 Å². The van der Waals surface area contributed by atoms with Crippen LogP contribution in [-0.2, 0) is 0 Å². The van der Waals surface area contributed by atoms with E-state index in [4.69, 9.17) is 4.42 Å². The summed E-state index contributed by atoms with van der Waals surface area (Å²) in [5, 5.41) is 20.4. The first-order valence-corrected chi connectivity index (χ1v) is 8.47. The van der Waals surface area contributed by atoms with Gasteiger partial charge in [0.1, 0.15) is 23.4 Å². The molecule has 0 saturated heterocycles. The van der Waals surface area contributed by atoms with Crippen LogP contribution in [0.15, 0.2) is 59.0 Å². The van der Waals surface area contributed by atoms with E-state index in [2.05, 4.69) is 16.0 Å². The molecule has 2 aromatic heterocycles. The van der Waals surface area contributed by atoms with Crippen molar-refractivity contribution >= 4 is 28.4 Å². The highest BCUT2D eigenvalue weighted by Gasteiger charge is 2.13. The van der Waals surface area contributed by atoms with E-state index in [1.54, 1.807) is 31.2 Å². The minimum atomic E-state index is -0.431. The van der Waals surface area contributed by atoms with Gasteiger partial charge in [-0.3, -0.25) is 10.1 Å². The maximum absolute atomic E-state index is 10.9. The Bertz CT molecular complexity index is 1240. The number of aryl methyl sites for hydroxylation is 1. The van der Waals surface area contributed by atoms with Gasteiger partial charge < -0.3 is 9.40 Å². The first-order chi connectivity index (χ1) is 13.5. The maximum atomic E-state index is 10.9. The summed E-state index contributed by atoms with van der Waals surface area (Å²) in [4.78, 5) is 18.0. The number of furan rings is 1. The lowest BCUT2D eigenvalue weighted by atomic mass is 10.1. The van der Waals surface area contributed by atoms with Crippen molar-refractivity contribution < 1.29 is 9.34 Å². The zero-order valence-electron chi connectivity index (χ0n) is 14.8. The van der Waals surface area contributed by atoms with Crippen molar-refractivity contribution in [2.75, 3.05) is 0 Å². The second-order valence-corrected chi connectivity index (χ2v) is 6.23. The molecule has 0 unspecified atom stereocenters. The van der Waals surface area contributed by atoms with Gasteiger partial charge >= 0.3 is 0 Å². The molecule has 2 heterocycles. The zero-order valence-corrected chi connectivity index (χ0v) is 14.8. The third-order valence-electron chi connectivity index (χ3n) is 4.36. The van der Waals surface area contributed by atoms with Crippen LogP contribution in [0.5, 0.6) is 0 Å². The molecule has 4 rings (SSSR count). The fraction of sp³-hybridized carbons (Fsp3) is 0.0476. The van der Waals surface area contributed by atoms with Gasteiger partial charge in [0.2, 0.25) is 0 Å². The fourth-order valence-electron chi connectivity index (χ4n) is 2.99. The normalized spacial score (nSPS) is 11.5. The van der Waals surface area contributed by atoms with Crippen LogP contribution >= 0.6 is 0 Å². The zero-order chi connectivity index (χ0) is 19.7. The summed E-state index contributed by atoms with van der Waals surface area (Å²) in [5.41, 5.74) is 3.49. The van der Waals surface area contributed by atoms with Crippen LogP contribution in [0, 0.1) is 28.4 Å². The largest absolute Gasteiger partial charge is 0.457 e. The number of nitro benzene ring substituents is 1. The molecule has 0 spiro atoms. The summed E-state index contributed by atoms with van der Waals surface area (Å²) in [6.45, 7) is 1.79. The van der Waals surface area contributed by atoms with Crippen molar-refractivity contribution in [1.29, 1.82) is 5.26 Å². The predicted molar refractivity (Wildman–Crippen MR) is 105 cm³/mol. The molecule has 0 radical (unpaired) electrons. The first-order valence-electron chi connectivity index (χ1n) is 8.47. The molecular weight excluding hydrogens is 356 g/mol. The summed E-state index contributed by atoms with van der Waals surface area (Å²) in [6, 6.07) is 17.8. The van der Waals surface area contributed by atoms with Crippen LogP contribution in [0.3, 0.4) is 0 Å². The molecule has 0 fully saturated rings. The highest BCUT2D eigenvalue weighted by Crippen LogP contribution is 2.29. The Morgan fingerprint density at radius 3 is 2.79 bits per heavy atom. The van der Waals surface area contributed by atoms with E-state index in [0.29, 0.717) is 22.9 Å². The van der Waals surface area contributed by atoms with Gasteiger partial charge in [0.25, 0.3) is 5.69 Å². The molecule has 136 valence electrons. The number of nitrogens with one attached hydrogen (secondary N) is 1. The van der Waals surface area contributed by atoms with Crippen LogP contribution in [-0.4, -0.2) is 14.9 Å². The van der Waals surface area contributed by atoms with E-state index in [-0.39, 0.29) is 5.69 Å². The summed E-state index contributed by atoms with van der Waals surface area (Å²) >= 11 is 0. The van der Waals surface area contributed by atoms with Crippen molar-refractivity contribution in [2.45, 2.75) is 6.92 Å². The average Bonchev–Trinajstić information content (AvgIpc) is 3.32.